The normalized spacial score (nSPS) is 10.6. The van der Waals surface area contributed by atoms with Gasteiger partial charge in [0.2, 0.25) is 0 Å². The molecule has 6 heteroatoms. The molecule has 0 saturated heterocycles. The third kappa shape index (κ3) is 4.11. The van der Waals surface area contributed by atoms with Crippen LogP contribution in [0.3, 0.4) is 0 Å². The number of hydrogen-bond donors (Lipinski definition) is 1. The van der Waals surface area contributed by atoms with Crippen molar-refractivity contribution in [2.45, 2.75) is 13.0 Å². The Morgan fingerprint density at radius 1 is 1.32 bits per heavy atom. The van der Waals surface area contributed by atoms with Crippen molar-refractivity contribution in [3.8, 4) is 0 Å². The van der Waals surface area contributed by atoms with Crippen LogP contribution in [0.5, 0.6) is 0 Å². The highest BCUT2D eigenvalue weighted by molar-refractivity contribution is 7.07. The standard InChI is InChI=1S/C13H13FN2O2S/c14-12-5-11(6-13(7-12)16(17)18)8-15-3-1-10-2-4-19-9-10/h2,4-7,9,15H,1,3,8H2. The molecule has 0 bridgehead atoms. The van der Waals surface area contributed by atoms with Crippen LogP contribution in [-0.2, 0) is 13.0 Å². The minimum Gasteiger partial charge on any atom is -0.312 e. The molecule has 19 heavy (non-hydrogen) atoms. The SMILES string of the molecule is O=[N+]([O-])c1cc(F)cc(CNCCc2ccsc2)c1. The van der Waals surface area contributed by atoms with Crippen molar-refractivity contribution < 1.29 is 9.31 Å². The molecule has 2 rings (SSSR count). The Kier molecular flexibility index (Phi) is 4.59. The topological polar surface area (TPSA) is 55.2 Å². The zero-order valence-electron chi connectivity index (χ0n) is 10.1. The molecule has 1 heterocycles. The molecular weight excluding hydrogens is 267 g/mol. The molecule has 0 saturated carbocycles. The lowest BCUT2D eigenvalue weighted by Gasteiger charge is -2.04. The van der Waals surface area contributed by atoms with Crippen molar-refractivity contribution in [2.75, 3.05) is 6.54 Å². The van der Waals surface area contributed by atoms with Crippen LogP contribution in [0.2, 0.25) is 0 Å². The first-order valence-electron chi connectivity index (χ1n) is 5.81. The summed E-state index contributed by atoms with van der Waals surface area (Å²) in [5, 5.41) is 17.9. The molecule has 0 aliphatic carbocycles. The maximum Gasteiger partial charge on any atom is 0.272 e. The molecular formula is C13H13FN2O2S. The lowest BCUT2D eigenvalue weighted by Crippen LogP contribution is -2.16. The number of thiophene rings is 1. The van der Waals surface area contributed by atoms with E-state index >= 15 is 0 Å². The quantitative estimate of drug-likeness (QED) is 0.502. The lowest BCUT2D eigenvalue weighted by molar-refractivity contribution is -0.385. The van der Waals surface area contributed by atoms with Crippen LogP contribution in [0, 0.1) is 15.9 Å². The van der Waals surface area contributed by atoms with E-state index in [9.17, 15) is 14.5 Å². The summed E-state index contributed by atoms with van der Waals surface area (Å²) >= 11 is 1.65. The lowest BCUT2D eigenvalue weighted by atomic mass is 10.2. The van der Waals surface area contributed by atoms with Gasteiger partial charge in [0.05, 0.1) is 11.0 Å². The van der Waals surface area contributed by atoms with E-state index in [-0.39, 0.29) is 5.69 Å². The smallest absolute Gasteiger partial charge is 0.272 e. The van der Waals surface area contributed by atoms with Gasteiger partial charge in [0.1, 0.15) is 5.82 Å². The highest BCUT2D eigenvalue weighted by Crippen LogP contribution is 2.16. The van der Waals surface area contributed by atoms with Gasteiger partial charge in [0, 0.05) is 12.6 Å². The number of nitro benzene ring substituents is 1. The Morgan fingerprint density at radius 3 is 2.84 bits per heavy atom. The maximum absolute atomic E-state index is 13.2. The van der Waals surface area contributed by atoms with Gasteiger partial charge in [-0.15, -0.1) is 0 Å². The number of nitro groups is 1. The fourth-order valence-electron chi connectivity index (χ4n) is 1.74. The van der Waals surface area contributed by atoms with Crippen molar-refractivity contribution >= 4 is 17.0 Å². The summed E-state index contributed by atoms with van der Waals surface area (Å²) < 4.78 is 13.2. The molecule has 100 valence electrons. The zero-order valence-corrected chi connectivity index (χ0v) is 11.0. The molecule has 0 aliphatic heterocycles. The van der Waals surface area contributed by atoms with Gasteiger partial charge in [0.25, 0.3) is 5.69 Å². The largest absolute Gasteiger partial charge is 0.312 e. The number of nitrogens with one attached hydrogen (secondary N) is 1. The van der Waals surface area contributed by atoms with E-state index in [2.05, 4.69) is 16.8 Å². The Hall–Kier alpha value is -1.79. The van der Waals surface area contributed by atoms with Gasteiger partial charge in [-0.1, -0.05) is 0 Å². The van der Waals surface area contributed by atoms with E-state index in [4.69, 9.17) is 0 Å². The molecule has 0 amide bonds. The summed E-state index contributed by atoms with van der Waals surface area (Å²) in [6, 6.07) is 5.68. The third-order valence-corrected chi connectivity index (χ3v) is 3.38. The van der Waals surface area contributed by atoms with Gasteiger partial charge in [-0.25, -0.2) is 4.39 Å². The van der Waals surface area contributed by atoms with E-state index in [1.165, 1.54) is 17.7 Å². The van der Waals surface area contributed by atoms with Crippen molar-refractivity contribution in [1.29, 1.82) is 0 Å². The number of rotatable bonds is 6. The average Bonchev–Trinajstić information content (AvgIpc) is 2.87. The summed E-state index contributed by atoms with van der Waals surface area (Å²) in [6.45, 7) is 1.17. The zero-order chi connectivity index (χ0) is 13.7. The highest BCUT2D eigenvalue weighted by atomic mass is 32.1. The predicted molar refractivity (Wildman–Crippen MR) is 72.8 cm³/mol. The van der Waals surface area contributed by atoms with E-state index in [0.717, 1.165) is 19.0 Å². The minimum atomic E-state index is -0.585. The minimum absolute atomic E-state index is 0.213. The van der Waals surface area contributed by atoms with Gasteiger partial charge >= 0.3 is 0 Å². The number of nitrogens with zero attached hydrogens (tertiary/aromatic N) is 1. The van der Waals surface area contributed by atoms with Gasteiger partial charge < -0.3 is 5.32 Å². The first-order chi connectivity index (χ1) is 9.15. The number of benzene rings is 1. The van der Waals surface area contributed by atoms with Crippen LogP contribution < -0.4 is 5.32 Å². The summed E-state index contributed by atoms with van der Waals surface area (Å²) in [5.41, 5.74) is 1.62. The first kappa shape index (κ1) is 13.6. The monoisotopic (exact) mass is 280 g/mol. The Bertz CT molecular complexity index is 558. The molecule has 0 unspecified atom stereocenters. The van der Waals surface area contributed by atoms with Crippen LogP contribution in [0.15, 0.2) is 35.0 Å². The van der Waals surface area contributed by atoms with E-state index in [0.29, 0.717) is 12.1 Å². The van der Waals surface area contributed by atoms with E-state index < -0.39 is 10.7 Å². The van der Waals surface area contributed by atoms with Gasteiger partial charge in [-0.2, -0.15) is 11.3 Å². The number of hydrogen-bond acceptors (Lipinski definition) is 4. The number of non-ortho nitro benzene ring substituents is 1. The summed E-state index contributed by atoms with van der Waals surface area (Å²) in [7, 11) is 0. The molecule has 1 N–H and O–H groups in total. The molecule has 0 aliphatic rings. The molecule has 0 radical (unpaired) electrons. The highest BCUT2D eigenvalue weighted by Gasteiger charge is 2.09. The van der Waals surface area contributed by atoms with E-state index in [1.54, 1.807) is 11.3 Å². The van der Waals surface area contributed by atoms with Crippen molar-refractivity contribution in [3.05, 3.63) is 62.1 Å². The summed E-state index contributed by atoms with van der Waals surface area (Å²) in [4.78, 5) is 10.0. The number of halogens is 1. The first-order valence-corrected chi connectivity index (χ1v) is 6.75. The Balaban J connectivity index is 1.87. The molecule has 1 aromatic carbocycles. The van der Waals surface area contributed by atoms with Gasteiger partial charge in [-0.05, 0) is 47.0 Å². The fourth-order valence-corrected chi connectivity index (χ4v) is 2.44. The summed E-state index contributed by atoms with van der Waals surface area (Å²) in [5.74, 6) is -0.580. The van der Waals surface area contributed by atoms with E-state index in [1.807, 2.05) is 5.38 Å². The second kappa shape index (κ2) is 6.40. The van der Waals surface area contributed by atoms with Crippen LogP contribution >= 0.6 is 11.3 Å². The third-order valence-electron chi connectivity index (χ3n) is 2.65. The van der Waals surface area contributed by atoms with Gasteiger partial charge in [0.15, 0.2) is 0 Å². The van der Waals surface area contributed by atoms with Crippen molar-refractivity contribution in [2.24, 2.45) is 0 Å². The molecule has 2 aromatic rings. The summed E-state index contributed by atoms with van der Waals surface area (Å²) in [6.07, 6.45) is 0.890. The fraction of sp³-hybridized carbons (Fsp3) is 0.231. The Morgan fingerprint density at radius 2 is 2.16 bits per heavy atom. The van der Waals surface area contributed by atoms with Gasteiger partial charge in [-0.3, -0.25) is 10.1 Å². The maximum atomic E-state index is 13.2. The van der Waals surface area contributed by atoms with Crippen LogP contribution in [-0.4, -0.2) is 11.5 Å². The predicted octanol–water partition coefficient (Wildman–Crippen LogP) is 3.13. The van der Waals surface area contributed by atoms with Crippen LogP contribution in [0.4, 0.5) is 10.1 Å². The van der Waals surface area contributed by atoms with Crippen LogP contribution in [0.1, 0.15) is 11.1 Å². The molecule has 0 spiro atoms. The van der Waals surface area contributed by atoms with Crippen molar-refractivity contribution in [3.63, 3.8) is 0 Å². The van der Waals surface area contributed by atoms with Crippen LogP contribution in [0.25, 0.3) is 0 Å². The second-order valence-electron chi connectivity index (χ2n) is 4.13. The second-order valence-corrected chi connectivity index (χ2v) is 4.91. The Labute approximate surface area is 114 Å². The molecule has 0 fully saturated rings. The molecule has 1 aromatic heterocycles. The average molecular weight is 280 g/mol. The molecule has 0 atom stereocenters. The molecule has 4 nitrogen and oxygen atoms in total. The van der Waals surface area contributed by atoms with Crippen molar-refractivity contribution in [1.82, 2.24) is 5.32 Å².